The van der Waals surface area contributed by atoms with E-state index < -0.39 is 0 Å². The summed E-state index contributed by atoms with van der Waals surface area (Å²) in [6, 6.07) is 0. The van der Waals surface area contributed by atoms with Crippen LogP contribution >= 0.6 is 0 Å². The molecule has 0 aliphatic heterocycles. The Hall–Kier alpha value is -3.39. The summed E-state index contributed by atoms with van der Waals surface area (Å²) < 4.78 is 5.38. The minimum atomic E-state index is -0.110. The van der Waals surface area contributed by atoms with Crippen LogP contribution in [0.4, 0.5) is 0 Å². The van der Waals surface area contributed by atoms with E-state index in [-0.39, 0.29) is 19.2 Å². The average Bonchev–Trinajstić information content (AvgIpc) is 3.39. The van der Waals surface area contributed by atoms with E-state index in [0.29, 0.717) is 5.92 Å². The van der Waals surface area contributed by atoms with Crippen molar-refractivity contribution < 1.29 is 16.7 Å². The van der Waals surface area contributed by atoms with E-state index in [4.69, 9.17) is 14.7 Å². The van der Waals surface area contributed by atoms with Gasteiger partial charge in [-0.25, -0.2) is 0 Å². The number of hydrogen-bond donors (Lipinski definition) is 0. The molecular weight excluding hydrogens is 352 g/mol. The van der Waals surface area contributed by atoms with Crippen LogP contribution in [0.2, 0.25) is 0 Å². The summed E-state index contributed by atoms with van der Waals surface area (Å²) in [6.45, 7) is 4.96. The minimum Gasteiger partial charge on any atom is -0.462 e. The molecule has 0 N–H and O–H groups in total. The molecule has 152 valence electrons. The molecule has 0 spiro atoms. The van der Waals surface area contributed by atoms with Crippen LogP contribution in [0, 0.1) is 92.8 Å². The Bertz CT molecular complexity index is 865. The number of ether oxygens (including phenoxy) is 1. The van der Waals surface area contributed by atoms with Crippen molar-refractivity contribution in [2.45, 2.75) is 46.1 Å². The van der Waals surface area contributed by atoms with Crippen LogP contribution in [0.25, 0.3) is 0 Å². The number of rotatable bonds is 1. The van der Waals surface area contributed by atoms with Crippen LogP contribution in [0.1, 0.15) is 47.2 Å². The summed E-state index contributed by atoms with van der Waals surface area (Å²) in [7, 11) is 0. The molecule has 3 aliphatic carbocycles. The lowest BCUT2D eigenvalue weighted by Crippen LogP contribution is -2.31. The van der Waals surface area contributed by atoms with Crippen LogP contribution in [-0.4, -0.2) is 12.1 Å². The lowest BCUT2D eigenvalue weighted by Gasteiger charge is -2.30. The maximum Gasteiger partial charge on any atom is 0.302 e. The van der Waals surface area contributed by atoms with E-state index in [9.17, 15) is 4.79 Å². The zero-order valence-electron chi connectivity index (χ0n) is 16.3. The average molecular weight is 385 g/mol. The molecule has 2 fully saturated rings. The van der Waals surface area contributed by atoms with Gasteiger partial charge >= 0.3 is 5.97 Å². The third kappa shape index (κ3) is 6.73. The molecular formula is C24H32O4. The zero-order valence-corrected chi connectivity index (χ0v) is 16.3. The Morgan fingerprint density at radius 2 is 1.43 bits per heavy atom. The lowest BCUT2D eigenvalue weighted by atomic mass is 9.80. The van der Waals surface area contributed by atoms with Crippen molar-refractivity contribution in [1.82, 2.24) is 0 Å². The van der Waals surface area contributed by atoms with Crippen molar-refractivity contribution in [3.8, 4) is 59.2 Å². The fourth-order valence-corrected chi connectivity index (χ4v) is 4.15. The molecule has 5 atom stereocenters. The highest BCUT2D eigenvalue weighted by Gasteiger charge is 2.53. The van der Waals surface area contributed by atoms with E-state index in [2.05, 4.69) is 71.4 Å². The number of carbonyl (C=O) groups excluding carboxylic acids is 1. The first-order valence-electron chi connectivity index (χ1n) is 9.01. The summed E-state index contributed by atoms with van der Waals surface area (Å²) in [5, 5.41) is 0. The Labute approximate surface area is 174 Å². The summed E-state index contributed by atoms with van der Waals surface area (Å²) in [5.74, 6) is 28.5. The second kappa shape index (κ2) is 12.9. The molecule has 0 amide bonds. The van der Waals surface area contributed by atoms with Crippen molar-refractivity contribution in [3.63, 3.8) is 0 Å². The Balaban J connectivity index is -0.000000130. The van der Waals surface area contributed by atoms with Crippen LogP contribution in [0.15, 0.2) is 12.2 Å². The third-order valence-corrected chi connectivity index (χ3v) is 4.95. The standard InChI is InChI=1S/C12H16O2.C12H6.O2.5H2/c1-7(13)14-12-6-8-5-11(12)10-4-2-3-9(8)10;1-3-5-7-9-11-12-10-8-6-4-2;1-2;;;;;/h2,4,8-12H,3,5-6H2,1H3;1-2H3;;5*1H. The molecule has 0 aromatic rings. The number of esters is 1. The lowest BCUT2D eigenvalue weighted by molar-refractivity contribution is -0.149. The van der Waals surface area contributed by atoms with Gasteiger partial charge in [0.05, 0.1) is 0 Å². The predicted octanol–water partition coefficient (Wildman–Crippen LogP) is 4.49. The van der Waals surface area contributed by atoms with Gasteiger partial charge in [0.2, 0.25) is 0 Å². The highest BCUT2D eigenvalue weighted by atomic mass is 16.7. The highest BCUT2D eigenvalue weighted by Crippen LogP contribution is 2.57. The second-order valence-corrected chi connectivity index (χ2v) is 6.45. The second-order valence-electron chi connectivity index (χ2n) is 6.45. The first-order valence-corrected chi connectivity index (χ1v) is 9.01. The first kappa shape index (κ1) is 22.7. The number of fused-ring (bicyclic) bond motifs is 5. The minimum absolute atomic E-state index is 0. The zero-order chi connectivity index (χ0) is 20.8. The number of hydrogen-bond acceptors (Lipinski definition) is 4. The van der Waals surface area contributed by atoms with Gasteiger partial charge in [0.1, 0.15) is 6.10 Å². The smallest absolute Gasteiger partial charge is 0.302 e. The van der Waals surface area contributed by atoms with E-state index in [1.807, 2.05) is 0 Å². The molecule has 3 rings (SSSR count). The molecule has 5 unspecified atom stereocenters. The maximum atomic E-state index is 10.9. The fourth-order valence-electron chi connectivity index (χ4n) is 4.15. The normalized spacial score (nSPS) is 25.9. The largest absolute Gasteiger partial charge is 0.462 e. The van der Waals surface area contributed by atoms with Crippen molar-refractivity contribution >= 4 is 5.97 Å². The SMILES string of the molecule is CC#CC#CC#CC#CC#CC.CC(=O)OC1CC2CC1C1C=CCC21.O=O.[HH].[HH].[HH].[HH].[HH]. The number of carbonyl (C=O) groups is 1. The van der Waals surface area contributed by atoms with Gasteiger partial charge < -0.3 is 4.74 Å². The molecule has 3 aliphatic rings. The van der Waals surface area contributed by atoms with E-state index in [0.717, 1.165) is 24.2 Å². The molecule has 0 aromatic heterocycles. The molecule has 4 heteroatoms. The first-order chi connectivity index (χ1) is 13.7. The van der Waals surface area contributed by atoms with E-state index in [1.165, 1.54) is 19.8 Å². The van der Waals surface area contributed by atoms with Gasteiger partial charge in [0.25, 0.3) is 0 Å². The van der Waals surface area contributed by atoms with Gasteiger partial charge in [-0.1, -0.05) is 24.0 Å². The van der Waals surface area contributed by atoms with Crippen molar-refractivity contribution in [3.05, 3.63) is 22.1 Å². The van der Waals surface area contributed by atoms with Crippen molar-refractivity contribution in [2.75, 3.05) is 0 Å². The van der Waals surface area contributed by atoms with Gasteiger partial charge in [-0.2, -0.15) is 0 Å². The van der Waals surface area contributed by atoms with Crippen LogP contribution in [-0.2, 0) is 9.53 Å². The van der Waals surface area contributed by atoms with Gasteiger partial charge in [-0.05, 0) is 98.2 Å². The van der Waals surface area contributed by atoms with Crippen LogP contribution in [0.5, 0.6) is 0 Å². The maximum absolute atomic E-state index is 10.9. The fraction of sp³-hybridized carbons (Fsp3) is 0.458. The van der Waals surface area contributed by atoms with Crippen molar-refractivity contribution in [2.24, 2.45) is 23.7 Å². The third-order valence-electron chi connectivity index (χ3n) is 4.95. The summed E-state index contributed by atoms with van der Waals surface area (Å²) >= 11 is 0. The quantitative estimate of drug-likeness (QED) is 0.380. The molecule has 0 heterocycles. The van der Waals surface area contributed by atoms with Gasteiger partial charge in [0, 0.05) is 29.9 Å². The summed E-state index contributed by atoms with van der Waals surface area (Å²) in [5.41, 5.74) is 0. The van der Waals surface area contributed by atoms with E-state index in [1.54, 1.807) is 13.8 Å². The predicted molar refractivity (Wildman–Crippen MR) is 120 cm³/mol. The molecule has 0 radical (unpaired) electrons. The van der Waals surface area contributed by atoms with E-state index >= 15 is 0 Å². The molecule has 4 nitrogen and oxygen atoms in total. The summed E-state index contributed by atoms with van der Waals surface area (Å²) in [4.78, 5) is 24.9. The van der Waals surface area contributed by atoms with Gasteiger partial charge in [0.15, 0.2) is 0 Å². The monoisotopic (exact) mass is 384 g/mol. The molecule has 0 saturated heterocycles. The molecule has 0 aromatic carbocycles. The number of allylic oxidation sites excluding steroid dienone is 2. The Morgan fingerprint density at radius 3 is 1.93 bits per heavy atom. The molecule has 28 heavy (non-hydrogen) atoms. The van der Waals surface area contributed by atoms with Crippen LogP contribution < -0.4 is 0 Å². The summed E-state index contributed by atoms with van der Waals surface area (Å²) in [6.07, 6.45) is 8.56. The molecule has 2 bridgehead atoms. The highest BCUT2D eigenvalue weighted by molar-refractivity contribution is 5.66. The van der Waals surface area contributed by atoms with Gasteiger partial charge in [-0.15, -0.1) is 0 Å². The Morgan fingerprint density at radius 1 is 0.893 bits per heavy atom. The topological polar surface area (TPSA) is 60.4 Å². The van der Waals surface area contributed by atoms with Gasteiger partial charge in [-0.3, -0.25) is 4.79 Å². The van der Waals surface area contributed by atoms with Crippen LogP contribution in [0.3, 0.4) is 0 Å². The molecule has 2 saturated carbocycles. The Kier molecular flexibility index (Phi) is 10.4. The van der Waals surface area contributed by atoms with Crippen molar-refractivity contribution in [1.29, 1.82) is 0 Å².